The maximum atomic E-state index is 5.56. The lowest BCUT2D eigenvalue weighted by molar-refractivity contribution is 0.181. The topological polar surface area (TPSA) is 24.0 Å². The van der Waals surface area contributed by atoms with Crippen LogP contribution in [-0.4, -0.2) is 27.0 Å². The fraction of sp³-hybridized carbons (Fsp3) is 0.471. The minimum Gasteiger partial charge on any atom is -0.331 e. The maximum Gasteiger partial charge on any atom is 0.178 e. The van der Waals surface area contributed by atoms with E-state index >= 15 is 0 Å². The number of hydrogen-bond acceptors (Lipinski definition) is 2. The van der Waals surface area contributed by atoms with Crippen molar-refractivity contribution in [2.45, 2.75) is 46.3 Å². The largest absolute Gasteiger partial charge is 0.331 e. The summed E-state index contributed by atoms with van der Waals surface area (Å²) in [6.07, 6.45) is 2.31. The molecule has 0 amide bonds. The van der Waals surface area contributed by atoms with Crippen LogP contribution in [-0.2, 0) is 6.54 Å². The number of H-pyrrole nitrogens is 1. The zero-order valence-corrected chi connectivity index (χ0v) is 14.0. The van der Waals surface area contributed by atoms with Crippen molar-refractivity contribution in [2.75, 3.05) is 6.54 Å². The molecule has 2 heterocycles. The van der Waals surface area contributed by atoms with Crippen LogP contribution in [0.3, 0.4) is 0 Å². The van der Waals surface area contributed by atoms with Gasteiger partial charge in [-0.25, -0.2) is 0 Å². The van der Waals surface area contributed by atoms with Crippen molar-refractivity contribution in [1.82, 2.24) is 14.5 Å². The van der Waals surface area contributed by atoms with Crippen molar-refractivity contribution in [1.29, 1.82) is 0 Å². The van der Waals surface area contributed by atoms with Gasteiger partial charge >= 0.3 is 0 Å². The first-order valence-corrected chi connectivity index (χ1v) is 7.99. The van der Waals surface area contributed by atoms with E-state index < -0.39 is 0 Å². The van der Waals surface area contributed by atoms with Crippen LogP contribution in [0.5, 0.6) is 0 Å². The molecule has 0 fully saturated rings. The molecular weight excluding hydrogens is 278 g/mol. The van der Waals surface area contributed by atoms with Crippen molar-refractivity contribution in [3.63, 3.8) is 0 Å². The van der Waals surface area contributed by atoms with Crippen LogP contribution < -0.4 is 0 Å². The van der Waals surface area contributed by atoms with Gasteiger partial charge in [0, 0.05) is 25.2 Å². The molecule has 0 spiro atoms. The van der Waals surface area contributed by atoms with Crippen LogP contribution in [0.2, 0.25) is 0 Å². The Balaban J connectivity index is 2.13. The van der Waals surface area contributed by atoms with Crippen LogP contribution >= 0.6 is 12.2 Å². The summed E-state index contributed by atoms with van der Waals surface area (Å²) < 4.78 is 3.13. The Kier molecular flexibility index (Phi) is 3.76. The Hall–Kier alpha value is -1.39. The van der Waals surface area contributed by atoms with E-state index in [4.69, 9.17) is 12.2 Å². The summed E-state index contributed by atoms with van der Waals surface area (Å²) in [5, 5.41) is 0. The molecule has 0 saturated heterocycles. The molecule has 3 rings (SSSR count). The van der Waals surface area contributed by atoms with Crippen LogP contribution in [0.15, 0.2) is 29.8 Å². The first kappa shape index (κ1) is 14.5. The minimum atomic E-state index is 0.362. The quantitative estimate of drug-likeness (QED) is 0.655. The molecule has 1 aromatic carbocycles. The average Bonchev–Trinajstić information content (AvgIpc) is 2.72. The molecule has 0 saturated carbocycles. The molecule has 21 heavy (non-hydrogen) atoms. The second-order valence-electron chi connectivity index (χ2n) is 6.31. The lowest BCUT2D eigenvalue weighted by Gasteiger charge is -2.30. The maximum absolute atomic E-state index is 5.56. The summed E-state index contributed by atoms with van der Waals surface area (Å²) >= 11 is 5.56. The zero-order chi connectivity index (χ0) is 15.1. The molecular formula is C17H23N3S. The summed E-state index contributed by atoms with van der Waals surface area (Å²) in [6, 6.07) is 7.27. The van der Waals surface area contributed by atoms with Gasteiger partial charge < -0.3 is 9.55 Å². The highest BCUT2D eigenvalue weighted by atomic mass is 32.1. The Morgan fingerprint density at radius 3 is 2.81 bits per heavy atom. The van der Waals surface area contributed by atoms with Gasteiger partial charge in [0.15, 0.2) is 4.77 Å². The first-order chi connectivity index (χ1) is 9.99. The summed E-state index contributed by atoms with van der Waals surface area (Å²) in [4.78, 5) is 5.89. The van der Waals surface area contributed by atoms with E-state index in [1.807, 2.05) is 0 Å². The second-order valence-corrected chi connectivity index (χ2v) is 6.69. The van der Waals surface area contributed by atoms with Gasteiger partial charge in [0.25, 0.3) is 0 Å². The highest BCUT2D eigenvalue weighted by Gasteiger charge is 2.27. The molecule has 1 aromatic heterocycles. The van der Waals surface area contributed by atoms with Crippen LogP contribution in [0.4, 0.5) is 0 Å². The Morgan fingerprint density at radius 1 is 1.33 bits per heavy atom. The van der Waals surface area contributed by atoms with Gasteiger partial charge in [0.2, 0.25) is 0 Å². The second kappa shape index (κ2) is 5.43. The molecule has 0 bridgehead atoms. The molecule has 3 nitrogen and oxygen atoms in total. The molecule has 2 atom stereocenters. The number of nitrogens with zero attached hydrogens (tertiary/aromatic N) is 2. The Morgan fingerprint density at radius 2 is 2.10 bits per heavy atom. The molecule has 0 radical (unpaired) electrons. The normalized spacial score (nSPS) is 22.3. The van der Waals surface area contributed by atoms with E-state index in [-0.39, 0.29) is 0 Å². The molecule has 4 heteroatoms. The van der Waals surface area contributed by atoms with Gasteiger partial charge in [-0.15, -0.1) is 0 Å². The average molecular weight is 301 g/mol. The molecule has 1 aliphatic rings. The smallest absolute Gasteiger partial charge is 0.178 e. The van der Waals surface area contributed by atoms with Crippen molar-refractivity contribution in [2.24, 2.45) is 0 Å². The number of nitrogens with one attached hydrogen (secondary N) is 1. The predicted octanol–water partition coefficient (Wildman–Crippen LogP) is 4.43. The highest BCUT2D eigenvalue weighted by molar-refractivity contribution is 7.71. The SMILES string of the molecule is CC(C)=CCN1Cc2cccc3[nH]c(=S)n(c23)[C@H](C)[C@@H]1C. The standard InChI is InChI=1S/C17H23N3S/c1-11(2)8-9-19-10-14-6-5-7-15-16(14)20(17(21)18-15)13(4)12(19)3/h5-8,12-13H,9-10H2,1-4H3,(H,18,21)/t12-,13+/m0/s1. The Bertz CT molecular complexity index is 749. The van der Waals surface area contributed by atoms with Crippen LogP contribution in [0.1, 0.15) is 39.3 Å². The van der Waals surface area contributed by atoms with Crippen molar-refractivity contribution in [3.05, 3.63) is 40.2 Å². The Labute approximate surface area is 131 Å². The number of aromatic amines is 1. The monoisotopic (exact) mass is 301 g/mol. The molecule has 1 N–H and O–H groups in total. The summed E-state index contributed by atoms with van der Waals surface area (Å²) in [6.45, 7) is 10.9. The molecule has 112 valence electrons. The molecule has 0 unspecified atom stereocenters. The van der Waals surface area contributed by atoms with E-state index in [0.29, 0.717) is 12.1 Å². The summed E-state index contributed by atoms with van der Waals surface area (Å²) in [5.74, 6) is 0. The number of imidazole rings is 1. The number of hydrogen-bond donors (Lipinski definition) is 1. The van der Waals surface area contributed by atoms with Crippen molar-refractivity contribution >= 4 is 23.3 Å². The number of para-hydroxylation sites is 1. The van der Waals surface area contributed by atoms with E-state index in [1.54, 1.807) is 0 Å². The molecule has 0 aliphatic carbocycles. The fourth-order valence-corrected chi connectivity index (χ4v) is 3.55. The minimum absolute atomic E-state index is 0.362. The molecule has 2 aromatic rings. The number of allylic oxidation sites excluding steroid dienone is 1. The van der Waals surface area contributed by atoms with Gasteiger partial charge in [0.1, 0.15) is 0 Å². The molecule has 1 aliphatic heterocycles. The van der Waals surface area contributed by atoms with Crippen molar-refractivity contribution in [3.8, 4) is 0 Å². The van der Waals surface area contributed by atoms with E-state index in [2.05, 4.69) is 66.4 Å². The lowest BCUT2D eigenvalue weighted by atomic mass is 10.1. The lowest BCUT2D eigenvalue weighted by Crippen LogP contribution is -2.36. The van der Waals surface area contributed by atoms with Crippen molar-refractivity contribution < 1.29 is 0 Å². The van der Waals surface area contributed by atoms with E-state index in [9.17, 15) is 0 Å². The summed E-state index contributed by atoms with van der Waals surface area (Å²) in [5.41, 5.74) is 5.16. The highest BCUT2D eigenvalue weighted by Crippen LogP contribution is 2.31. The predicted molar refractivity (Wildman–Crippen MR) is 91.1 cm³/mol. The third kappa shape index (κ3) is 2.47. The van der Waals surface area contributed by atoms with Gasteiger partial charge in [-0.05, 0) is 51.5 Å². The summed E-state index contributed by atoms with van der Waals surface area (Å²) in [7, 11) is 0. The number of aromatic nitrogens is 2. The van der Waals surface area contributed by atoms with Crippen LogP contribution in [0.25, 0.3) is 11.0 Å². The zero-order valence-electron chi connectivity index (χ0n) is 13.2. The number of benzene rings is 1. The third-order valence-corrected chi connectivity index (χ3v) is 4.91. The van der Waals surface area contributed by atoms with Gasteiger partial charge in [0.05, 0.1) is 11.0 Å². The van der Waals surface area contributed by atoms with Gasteiger partial charge in [-0.1, -0.05) is 23.8 Å². The third-order valence-electron chi connectivity index (χ3n) is 4.61. The van der Waals surface area contributed by atoms with E-state index in [0.717, 1.165) is 23.4 Å². The van der Waals surface area contributed by atoms with Crippen LogP contribution in [0, 0.1) is 4.77 Å². The fourth-order valence-electron chi connectivity index (χ4n) is 3.18. The number of rotatable bonds is 2. The van der Waals surface area contributed by atoms with E-state index in [1.165, 1.54) is 16.7 Å². The van der Waals surface area contributed by atoms with Gasteiger partial charge in [-0.3, -0.25) is 4.90 Å². The first-order valence-electron chi connectivity index (χ1n) is 7.58. The van der Waals surface area contributed by atoms with Gasteiger partial charge in [-0.2, -0.15) is 0 Å².